The van der Waals surface area contributed by atoms with Gasteiger partial charge in [-0.1, -0.05) is 60.1 Å². The highest BCUT2D eigenvalue weighted by atomic mass is 35.5. The summed E-state index contributed by atoms with van der Waals surface area (Å²) in [5.41, 5.74) is 3.14. The molecule has 5 heteroatoms. The third-order valence-electron chi connectivity index (χ3n) is 5.37. The fourth-order valence-corrected chi connectivity index (χ4v) is 3.94. The van der Waals surface area contributed by atoms with E-state index in [9.17, 15) is 0 Å². The summed E-state index contributed by atoms with van der Waals surface area (Å²) in [6, 6.07) is 21.3. The van der Waals surface area contributed by atoms with E-state index >= 15 is 0 Å². The summed E-state index contributed by atoms with van der Waals surface area (Å²) in [6.45, 7) is 5.84. The first-order valence-electron chi connectivity index (χ1n) is 9.90. The summed E-state index contributed by atoms with van der Waals surface area (Å²) in [5.74, 6) is 0.548. The van der Waals surface area contributed by atoms with E-state index < -0.39 is 0 Å². The van der Waals surface area contributed by atoms with Gasteiger partial charge in [0.1, 0.15) is 5.15 Å². The topological polar surface area (TPSA) is 30.3 Å². The molecule has 1 aromatic heterocycles. The van der Waals surface area contributed by atoms with Gasteiger partial charge in [0, 0.05) is 6.54 Å². The van der Waals surface area contributed by atoms with Gasteiger partial charge in [-0.25, -0.2) is 0 Å². The zero-order valence-electron chi connectivity index (χ0n) is 16.2. The zero-order valence-corrected chi connectivity index (χ0v) is 17.0. The molecule has 0 bridgehead atoms. The number of nitrogens with zero attached hydrogens (tertiary/aromatic N) is 3. The quantitative estimate of drug-likeness (QED) is 0.580. The Kier molecular flexibility index (Phi) is 5.98. The third kappa shape index (κ3) is 4.40. The molecule has 0 amide bonds. The Hall–Kier alpha value is -2.30. The summed E-state index contributed by atoms with van der Waals surface area (Å²) >= 11 is 6.48. The minimum Gasteiger partial charge on any atom is -0.464 e. The van der Waals surface area contributed by atoms with Crippen molar-refractivity contribution in [3.8, 4) is 11.7 Å². The van der Waals surface area contributed by atoms with Crippen molar-refractivity contribution < 1.29 is 4.74 Å². The Morgan fingerprint density at radius 2 is 1.64 bits per heavy atom. The molecule has 1 fully saturated rings. The van der Waals surface area contributed by atoms with Crippen LogP contribution in [0.25, 0.3) is 5.69 Å². The number of rotatable bonds is 6. The van der Waals surface area contributed by atoms with Gasteiger partial charge in [-0.15, -0.1) is 0 Å². The number of aryl methyl sites for hydroxylation is 1. The molecule has 1 aliphatic heterocycles. The van der Waals surface area contributed by atoms with Crippen molar-refractivity contribution in [2.45, 2.75) is 26.3 Å². The average Bonchev–Trinajstić information content (AvgIpc) is 3.02. The number of hydrogen-bond donors (Lipinski definition) is 0. The van der Waals surface area contributed by atoms with Gasteiger partial charge in [-0.05, 0) is 56.5 Å². The second kappa shape index (κ2) is 8.80. The summed E-state index contributed by atoms with van der Waals surface area (Å²) < 4.78 is 8.03. The summed E-state index contributed by atoms with van der Waals surface area (Å²) in [6.07, 6.45) is 2.29. The van der Waals surface area contributed by atoms with Gasteiger partial charge < -0.3 is 4.74 Å². The van der Waals surface area contributed by atoms with Crippen molar-refractivity contribution in [2.24, 2.45) is 5.92 Å². The summed E-state index contributed by atoms with van der Waals surface area (Å²) in [5, 5.41) is 0.610. The fraction of sp³-hybridized carbons (Fsp3) is 0.348. The molecule has 3 aromatic rings. The monoisotopic (exact) mass is 395 g/mol. The van der Waals surface area contributed by atoms with Crippen LogP contribution in [0.4, 0.5) is 0 Å². The molecule has 1 aliphatic rings. The van der Waals surface area contributed by atoms with Crippen LogP contribution in [0, 0.1) is 12.8 Å². The van der Waals surface area contributed by atoms with Gasteiger partial charge in [0.25, 0.3) is 0 Å². The Morgan fingerprint density at radius 1 is 1.00 bits per heavy atom. The second-order valence-corrected chi connectivity index (χ2v) is 7.82. The number of benzene rings is 2. The average molecular weight is 396 g/mol. The van der Waals surface area contributed by atoms with Crippen molar-refractivity contribution in [1.82, 2.24) is 14.5 Å². The van der Waals surface area contributed by atoms with Crippen LogP contribution in [0.2, 0.25) is 5.15 Å². The summed E-state index contributed by atoms with van der Waals surface area (Å²) in [4.78, 5) is 7.07. The molecule has 0 saturated carbocycles. The van der Waals surface area contributed by atoms with E-state index in [1.165, 1.54) is 5.56 Å². The van der Waals surface area contributed by atoms with Crippen LogP contribution in [0.5, 0.6) is 6.01 Å². The molecule has 28 heavy (non-hydrogen) atoms. The normalized spacial score (nSPS) is 15.6. The number of halogens is 1. The van der Waals surface area contributed by atoms with Crippen molar-refractivity contribution >= 4 is 11.6 Å². The van der Waals surface area contributed by atoms with Crippen LogP contribution in [0.15, 0.2) is 60.7 Å². The van der Waals surface area contributed by atoms with Gasteiger partial charge in [0.2, 0.25) is 0 Å². The lowest BCUT2D eigenvalue weighted by Gasteiger charge is -2.31. The van der Waals surface area contributed by atoms with Crippen molar-refractivity contribution in [2.75, 3.05) is 19.7 Å². The highest BCUT2D eigenvalue weighted by molar-refractivity contribution is 6.30. The molecule has 0 N–H and O–H groups in total. The first kappa shape index (κ1) is 19.0. The molecule has 0 unspecified atom stereocenters. The predicted octanol–water partition coefficient (Wildman–Crippen LogP) is 5.13. The maximum absolute atomic E-state index is 6.48. The van der Waals surface area contributed by atoms with Gasteiger partial charge in [0.15, 0.2) is 0 Å². The van der Waals surface area contributed by atoms with Gasteiger partial charge in [-0.2, -0.15) is 4.98 Å². The molecular formula is C23H26ClN3O. The molecule has 0 radical (unpaired) electrons. The van der Waals surface area contributed by atoms with Crippen LogP contribution in [0.1, 0.15) is 24.1 Å². The standard InChI is InChI=1S/C23H26ClN3O/c1-18-22(24)27(21-10-6-3-7-11-21)23(25-18)28-17-20-12-14-26(15-13-20)16-19-8-4-2-5-9-19/h2-11,20H,12-17H2,1H3. The maximum Gasteiger partial charge on any atom is 0.302 e. The van der Waals surface area contributed by atoms with Crippen LogP contribution < -0.4 is 4.74 Å². The van der Waals surface area contributed by atoms with Gasteiger partial charge in [-0.3, -0.25) is 9.47 Å². The van der Waals surface area contributed by atoms with Crippen LogP contribution >= 0.6 is 11.6 Å². The molecule has 0 atom stereocenters. The fourth-order valence-electron chi connectivity index (χ4n) is 3.73. The largest absolute Gasteiger partial charge is 0.464 e. The first-order chi connectivity index (χ1) is 13.7. The van der Waals surface area contributed by atoms with Crippen LogP contribution in [0.3, 0.4) is 0 Å². The molecule has 146 valence electrons. The molecule has 2 heterocycles. The maximum atomic E-state index is 6.48. The summed E-state index contributed by atoms with van der Waals surface area (Å²) in [7, 11) is 0. The highest BCUT2D eigenvalue weighted by Gasteiger charge is 2.22. The zero-order chi connectivity index (χ0) is 19.3. The Balaban J connectivity index is 1.34. The number of aromatic nitrogens is 2. The van der Waals surface area contributed by atoms with Gasteiger partial charge >= 0.3 is 6.01 Å². The highest BCUT2D eigenvalue weighted by Crippen LogP contribution is 2.28. The van der Waals surface area contributed by atoms with E-state index in [0.29, 0.717) is 23.7 Å². The molecule has 2 aromatic carbocycles. The molecular weight excluding hydrogens is 370 g/mol. The van der Waals surface area contributed by atoms with E-state index in [1.807, 2.05) is 41.8 Å². The van der Waals surface area contributed by atoms with Crippen LogP contribution in [-0.2, 0) is 6.54 Å². The number of para-hydroxylation sites is 1. The first-order valence-corrected chi connectivity index (χ1v) is 10.3. The van der Waals surface area contributed by atoms with Crippen molar-refractivity contribution in [3.63, 3.8) is 0 Å². The Bertz CT molecular complexity index is 887. The van der Waals surface area contributed by atoms with E-state index in [2.05, 4.69) is 40.2 Å². The lowest BCUT2D eigenvalue weighted by molar-refractivity contribution is 0.131. The minimum atomic E-state index is 0.548. The van der Waals surface area contributed by atoms with Crippen molar-refractivity contribution in [1.29, 1.82) is 0 Å². The number of piperidine rings is 1. The molecule has 4 nitrogen and oxygen atoms in total. The second-order valence-electron chi connectivity index (χ2n) is 7.46. The molecule has 4 rings (SSSR count). The minimum absolute atomic E-state index is 0.548. The number of imidazole rings is 1. The SMILES string of the molecule is Cc1nc(OCC2CCN(Cc3ccccc3)CC2)n(-c2ccccc2)c1Cl. The van der Waals surface area contributed by atoms with E-state index in [-0.39, 0.29) is 0 Å². The number of ether oxygens (including phenoxy) is 1. The third-order valence-corrected chi connectivity index (χ3v) is 5.81. The lowest BCUT2D eigenvalue weighted by Crippen LogP contribution is -2.35. The van der Waals surface area contributed by atoms with Crippen LogP contribution in [-0.4, -0.2) is 34.1 Å². The lowest BCUT2D eigenvalue weighted by atomic mass is 9.97. The number of likely N-dealkylation sites (tertiary alicyclic amines) is 1. The van der Waals surface area contributed by atoms with E-state index in [1.54, 1.807) is 0 Å². The molecule has 0 spiro atoms. The predicted molar refractivity (Wildman–Crippen MR) is 113 cm³/mol. The smallest absolute Gasteiger partial charge is 0.302 e. The Morgan fingerprint density at radius 3 is 2.32 bits per heavy atom. The van der Waals surface area contributed by atoms with Crippen molar-refractivity contribution in [3.05, 3.63) is 77.1 Å². The van der Waals surface area contributed by atoms with E-state index in [0.717, 1.165) is 43.9 Å². The van der Waals surface area contributed by atoms with E-state index in [4.69, 9.17) is 16.3 Å². The Labute approximate surface area is 171 Å². The molecule has 0 aliphatic carbocycles. The van der Waals surface area contributed by atoms with Gasteiger partial charge in [0.05, 0.1) is 18.0 Å². The number of hydrogen-bond acceptors (Lipinski definition) is 3. The molecule has 1 saturated heterocycles.